The SMILES string of the molecule is CCOCCO[C@H]1c2c(OCc3ccccc3)cc(OCc3ccccc3)cc2O[C@H](c2ccc(OCc3ccccc3)c(OCc3ccccc3)c2)[C@H]1OC(=O)CCC(=O)O[C@@H]1[C@@H](c2ccc(OCc3ccccc3)c(OCc3ccccc3)c2)Oc2cc(OCc3ccccc3)cc(OCc3ccccc3)c2[C@@H]1OCCOCC. The summed E-state index contributed by atoms with van der Waals surface area (Å²) < 4.78 is 108. The summed E-state index contributed by atoms with van der Waals surface area (Å²) in [7, 11) is 0. The van der Waals surface area contributed by atoms with E-state index in [0.29, 0.717) is 93.0 Å². The molecule has 0 bridgehead atoms. The maximum atomic E-state index is 15.5. The van der Waals surface area contributed by atoms with Crippen molar-refractivity contribution in [3.8, 4) is 57.5 Å². The highest BCUT2D eigenvalue weighted by Crippen LogP contribution is 2.54. The van der Waals surface area contributed by atoms with Crippen LogP contribution in [0.25, 0.3) is 0 Å². The molecule has 0 aromatic heterocycles. The summed E-state index contributed by atoms with van der Waals surface area (Å²) in [5.41, 5.74) is 9.38. The second kappa shape index (κ2) is 41.5. The lowest BCUT2D eigenvalue weighted by Gasteiger charge is -2.40. The first-order valence-corrected chi connectivity index (χ1v) is 39.3. The molecule has 0 amide bonds. The van der Waals surface area contributed by atoms with E-state index >= 15 is 9.59 Å². The van der Waals surface area contributed by atoms with Crippen LogP contribution in [-0.2, 0) is 90.9 Å². The average molecular weight is 1560 g/mol. The van der Waals surface area contributed by atoms with E-state index in [2.05, 4.69) is 0 Å². The third-order valence-corrected chi connectivity index (χ3v) is 19.5. The molecule has 12 aromatic carbocycles. The number of carbonyl (C=O) groups is 2. The molecule has 0 aliphatic carbocycles. The Hall–Kier alpha value is -12.6. The van der Waals surface area contributed by atoms with E-state index < -0.39 is 61.4 Å². The van der Waals surface area contributed by atoms with Gasteiger partial charge in [-0.05, 0) is 82.6 Å². The molecule has 12 aromatic rings. The van der Waals surface area contributed by atoms with Crippen LogP contribution in [0, 0.1) is 0 Å². The second-order valence-electron chi connectivity index (χ2n) is 27.7. The molecule has 0 saturated heterocycles. The first-order chi connectivity index (χ1) is 57.2. The van der Waals surface area contributed by atoms with Crippen molar-refractivity contribution in [2.75, 3.05) is 39.6 Å². The van der Waals surface area contributed by atoms with Gasteiger partial charge in [0.25, 0.3) is 0 Å². The molecule has 2 aliphatic heterocycles. The lowest BCUT2D eigenvalue weighted by atomic mass is 9.90. The Kier molecular flexibility index (Phi) is 28.6. The molecule has 2 aliphatic rings. The van der Waals surface area contributed by atoms with E-state index in [1.165, 1.54) is 0 Å². The lowest BCUT2D eigenvalue weighted by molar-refractivity contribution is -0.179. The topological polar surface area (TPSA) is 182 Å². The van der Waals surface area contributed by atoms with E-state index in [9.17, 15) is 0 Å². The minimum atomic E-state index is -1.29. The maximum absolute atomic E-state index is 15.5. The average Bonchev–Trinajstić information content (AvgIpc) is 0.754. The second-order valence-corrected chi connectivity index (χ2v) is 27.7. The number of esters is 2. The van der Waals surface area contributed by atoms with Gasteiger partial charge in [-0.2, -0.15) is 0 Å². The van der Waals surface area contributed by atoms with Crippen molar-refractivity contribution in [3.05, 3.63) is 370 Å². The van der Waals surface area contributed by atoms with E-state index in [1.54, 1.807) is 24.3 Å². The minimum Gasteiger partial charge on any atom is -0.489 e. The van der Waals surface area contributed by atoms with Crippen LogP contribution in [0.15, 0.2) is 303 Å². The fourth-order valence-electron chi connectivity index (χ4n) is 13.6. The van der Waals surface area contributed by atoms with Crippen LogP contribution in [0.1, 0.15) is 118 Å². The molecule has 18 nitrogen and oxygen atoms in total. The highest BCUT2D eigenvalue weighted by molar-refractivity contribution is 5.78. The fraction of sp³-hybridized carbons (Fsp3) is 0.245. The van der Waals surface area contributed by atoms with Gasteiger partial charge in [0.2, 0.25) is 0 Å². The predicted molar refractivity (Wildman–Crippen MR) is 438 cm³/mol. The van der Waals surface area contributed by atoms with Crippen molar-refractivity contribution < 1.29 is 85.4 Å². The van der Waals surface area contributed by atoms with Crippen molar-refractivity contribution in [2.45, 2.75) is 116 Å². The molecule has 6 atom stereocenters. The van der Waals surface area contributed by atoms with Crippen LogP contribution in [0.2, 0.25) is 0 Å². The van der Waals surface area contributed by atoms with Crippen molar-refractivity contribution in [3.63, 3.8) is 0 Å². The van der Waals surface area contributed by atoms with Gasteiger partial charge in [-0.3, -0.25) is 9.59 Å². The van der Waals surface area contributed by atoms with Gasteiger partial charge in [-0.15, -0.1) is 0 Å². The summed E-state index contributed by atoms with van der Waals surface area (Å²) in [5, 5.41) is 0. The van der Waals surface area contributed by atoms with Gasteiger partial charge in [0, 0.05) is 48.6 Å². The van der Waals surface area contributed by atoms with Crippen molar-refractivity contribution in [1.82, 2.24) is 0 Å². The zero-order chi connectivity index (χ0) is 79.3. The normalized spacial score (nSPS) is 15.9. The summed E-state index contributed by atoms with van der Waals surface area (Å²) in [6.07, 6.45) is -8.00. The number of benzene rings is 12. The number of ether oxygens (including phenoxy) is 16. The first-order valence-electron chi connectivity index (χ1n) is 39.3. The van der Waals surface area contributed by atoms with Crippen LogP contribution >= 0.6 is 0 Å². The minimum absolute atomic E-state index is 0.0554. The van der Waals surface area contributed by atoms with Crippen LogP contribution in [0.5, 0.6) is 57.5 Å². The third kappa shape index (κ3) is 22.2. The quantitative estimate of drug-likeness (QED) is 0.0260. The molecule has 0 saturated carbocycles. The van der Waals surface area contributed by atoms with Crippen LogP contribution < -0.4 is 47.4 Å². The highest BCUT2D eigenvalue weighted by Gasteiger charge is 2.48. The molecular formula is C98H94O18. The van der Waals surface area contributed by atoms with E-state index in [0.717, 1.165) is 44.5 Å². The van der Waals surface area contributed by atoms with E-state index in [-0.39, 0.29) is 79.3 Å². The Labute approximate surface area is 677 Å². The van der Waals surface area contributed by atoms with Crippen LogP contribution in [0.4, 0.5) is 0 Å². The third-order valence-electron chi connectivity index (χ3n) is 19.5. The Morgan fingerprint density at radius 1 is 0.284 bits per heavy atom. The van der Waals surface area contributed by atoms with Gasteiger partial charge in [-0.25, -0.2) is 0 Å². The molecule has 0 N–H and O–H groups in total. The van der Waals surface area contributed by atoms with Crippen LogP contribution in [0.3, 0.4) is 0 Å². The molecule has 0 unspecified atom stereocenters. The van der Waals surface area contributed by atoms with Crippen molar-refractivity contribution >= 4 is 11.9 Å². The number of hydrogen-bond acceptors (Lipinski definition) is 18. The zero-order valence-electron chi connectivity index (χ0n) is 65.0. The summed E-state index contributed by atoms with van der Waals surface area (Å²) >= 11 is 0. The number of hydrogen-bond donors (Lipinski definition) is 0. The van der Waals surface area contributed by atoms with E-state index in [4.69, 9.17) is 75.8 Å². The number of rotatable bonds is 41. The first kappa shape index (κ1) is 80.0. The van der Waals surface area contributed by atoms with E-state index in [1.807, 2.05) is 293 Å². The monoisotopic (exact) mass is 1560 g/mol. The fourth-order valence-corrected chi connectivity index (χ4v) is 13.6. The largest absolute Gasteiger partial charge is 0.489 e. The maximum Gasteiger partial charge on any atom is 0.306 e. The summed E-state index contributed by atoms with van der Waals surface area (Å²) in [5.74, 6) is 2.43. The van der Waals surface area contributed by atoms with Gasteiger partial charge in [0.05, 0.1) is 50.4 Å². The van der Waals surface area contributed by atoms with Gasteiger partial charge in [0.15, 0.2) is 47.4 Å². The molecule has 116 heavy (non-hydrogen) atoms. The van der Waals surface area contributed by atoms with Crippen LogP contribution in [-0.4, -0.2) is 63.8 Å². The molecule has 0 radical (unpaired) electrons. The summed E-state index contributed by atoms with van der Waals surface area (Å²) in [6.45, 7) is 6.74. The Morgan fingerprint density at radius 2 is 0.552 bits per heavy atom. The Balaban J connectivity index is 0.835. The lowest BCUT2D eigenvalue weighted by Crippen LogP contribution is -2.41. The molecule has 14 rings (SSSR count). The van der Waals surface area contributed by atoms with Gasteiger partial charge < -0.3 is 75.8 Å². The van der Waals surface area contributed by atoms with Gasteiger partial charge in [0.1, 0.15) is 99.6 Å². The van der Waals surface area contributed by atoms with Gasteiger partial charge in [-0.1, -0.05) is 255 Å². The highest BCUT2D eigenvalue weighted by atomic mass is 16.6. The molecule has 0 spiro atoms. The van der Waals surface area contributed by atoms with Crippen molar-refractivity contribution in [1.29, 1.82) is 0 Å². The Morgan fingerprint density at radius 3 is 0.836 bits per heavy atom. The predicted octanol–water partition coefficient (Wildman–Crippen LogP) is 20.1. The number of carbonyl (C=O) groups excluding carboxylic acids is 2. The summed E-state index contributed by atoms with van der Waals surface area (Å²) in [4.78, 5) is 31.0. The van der Waals surface area contributed by atoms with Crippen molar-refractivity contribution in [2.24, 2.45) is 0 Å². The van der Waals surface area contributed by atoms with Gasteiger partial charge >= 0.3 is 11.9 Å². The zero-order valence-corrected chi connectivity index (χ0v) is 65.0. The standard InChI is InChI=1S/C98H94O18/c1-3-101-51-53-103-95-91-85(111-67-75-41-25-11-26-42-75)57-79(105-61-69-29-13-5-14-30-69)59-87(91)113-93(77-45-47-81(107-63-71-33-17-7-18-34-71)83(55-77)109-65-73-37-21-9-22-38-73)97(95)115-89(99)49-50-90(100)116-98-94(78-46-48-82(108-64-72-35-19-8-20-36-72)84(56-78)110-66-74-39-23-10-24-40-74)114-88-60-80(106-62-70-31-15-6-16-32-70)58-86(112-68-76-43-27-12-28-44-76)92(88)96(98)104-54-52-102-4-2/h5-48,55-60,93-98H,3-4,49-54,61-68H2,1-2H3/t93-,94-,95+,96+,97-,98-/m1/s1. The molecule has 594 valence electrons. The molecule has 2 heterocycles. The summed E-state index contributed by atoms with van der Waals surface area (Å²) in [6, 6.07) is 96.8. The smallest absolute Gasteiger partial charge is 0.306 e. The number of fused-ring (bicyclic) bond motifs is 2. The Bertz CT molecular complexity index is 4710. The molecule has 0 fully saturated rings. The molecule has 18 heteroatoms. The molecular weight excluding hydrogens is 1470 g/mol.